The molecule has 1 heterocycles. The molecule has 0 radical (unpaired) electrons. The molecule has 1 aliphatic rings. The summed E-state index contributed by atoms with van der Waals surface area (Å²) in [6.45, 7) is 2.31. The smallest absolute Gasteiger partial charge is 0.231 e. The minimum Gasteiger partial charge on any atom is -0.454 e. The third kappa shape index (κ3) is 2.11. The Balaban J connectivity index is 0.000000980. The van der Waals surface area contributed by atoms with E-state index in [-0.39, 0.29) is 18.4 Å². The predicted molar refractivity (Wildman–Crippen MR) is 57.2 cm³/mol. The van der Waals surface area contributed by atoms with Gasteiger partial charge in [-0.25, -0.2) is 0 Å². The number of hydrogen-bond donors (Lipinski definition) is 1. The van der Waals surface area contributed by atoms with Gasteiger partial charge in [0, 0.05) is 6.04 Å². The van der Waals surface area contributed by atoms with Gasteiger partial charge in [-0.15, -0.1) is 12.4 Å². The van der Waals surface area contributed by atoms with Crippen LogP contribution in [0.3, 0.4) is 0 Å². The van der Waals surface area contributed by atoms with Crippen molar-refractivity contribution in [3.05, 3.63) is 23.8 Å². The van der Waals surface area contributed by atoms with E-state index in [9.17, 15) is 0 Å². The number of rotatable bonds is 2. The number of ether oxygens (including phenoxy) is 2. The van der Waals surface area contributed by atoms with Gasteiger partial charge in [-0.1, -0.05) is 12.1 Å². The second-order valence-electron chi connectivity index (χ2n) is 3.33. The lowest BCUT2D eigenvalue weighted by Crippen LogP contribution is -2.17. The molecule has 0 spiro atoms. The highest BCUT2D eigenvalue weighted by atomic mass is 35.5. The summed E-state index contributed by atoms with van der Waals surface area (Å²) in [4.78, 5) is 0. The molecule has 1 aromatic rings. The van der Waals surface area contributed by atoms with Crippen molar-refractivity contribution in [1.82, 2.24) is 0 Å². The highest BCUT2D eigenvalue weighted by Crippen LogP contribution is 2.35. The molecule has 1 aromatic carbocycles. The van der Waals surface area contributed by atoms with Crippen LogP contribution in [0, 0.1) is 0 Å². The van der Waals surface area contributed by atoms with Crippen LogP contribution in [0.15, 0.2) is 18.2 Å². The van der Waals surface area contributed by atoms with Crippen LogP contribution in [0.1, 0.15) is 12.5 Å². The van der Waals surface area contributed by atoms with Gasteiger partial charge in [0.2, 0.25) is 6.79 Å². The van der Waals surface area contributed by atoms with E-state index in [0.29, 0.717) is 6.79 Å². The second kappa shape index (κ2) is 4.53. The maximum Gasteiger partial charge on any atom is 0.231 e. The molecule has 14 heavy (non-hydrogen) atoms. The van der Waals surface area contributed by atoms with Crippen LogP contribution in [0.5, 0.6) is 11.5 Å². The first-order chi connectivity index (χ1) is 6.27. The molecular formula is C10H14ClNO2. The third-order valence-electron chi connectivity index (χ3n) is 2.02. The van der Waals surface area contributed by atoms with Gasteiger partial charge >= 0.3 is 0 Å². The summed E-state index contributed by atoms with van der Waals surface area (Å²) in [5.41, 5.74) is 6.85. The Labute approximate surface area is 89.6 Å². The van der Waals surface area contributed by atoms with E-state index in [4.69, 9.17) is 15.2 Å². The van der Waals surface area contributed by atoms with E-state index in [1.807, 2.05) is 25.1 Å². The number of halogens is 1. The average molecular weight is 216 g/mol. The van der Waals surface area contributed by atoms with Crippen molar-refractivity contribution >= 4 is 12.4 Å². The van der Waals surface area contributed by atoms with E-state index >= 15 is 0 Å². The lowest BCUT2D eigenvalue weighted by molar-refractivity contribution is 0.173. The van der Waals surface area contributed by atoms with Crippen LogP contribution in [-0.2, 0) is 6.42 Å². The highest BCUT2D eigenvalue weighted by Gasteiger charge is 2.17. The summed E-state index contributed by atoms with van der Waals surface area (Å²) in [7, 11) is 0. The maximum atomic E-state index is 5.72. The van der Waals surface area contributed by atoms with Crippen molar-refractivity contribution in [2.24, 2.45) is 5.73 Å². The average Bonchev–Trinajstić information content (AvgIpc) is 2.51. The summed E-state index contributed by atoms with van der Waals surface area (Å²) in [5.74, 6) is 1.69. The zero-order chi connectivity index (χ0) is 9.26. The Bertz CT molecular complexity index is 315. The molecule has 78 valence electrons. The standard InChI is InChI=1S/C10H13NO2.ClH/c1-7(11)5-8-3-2-4-9-10(8)13-6-12-9;/h2-4,7H,5-6,11H2,1H3;1H. The van der Waals surface area contributed by atoms with Gasteiger partial charge in [-0.05, 0) is 25.0 Å². The lowest BCUT2D eigenvalue weighted by atomic mass is 10.1. The molecule has 2 N–H and O–H groups in total. The van der Waals surface area contributed by atoms with Crippen molar-refractivity contribution in [2.45, 2.75) is 19.4 Å². The van der Waals surface area contributed by atoms with Gasteiger partial charge in [0.15, 0.2) is 11.5 Å². The van der Waals surface area contributed by atoms with Gasteiger partial charge < -0.3 is 15.2 Å². The highest BCUT2D eigenvalue weighted by molar-refractivity contribution is 5.85. The largest absolute Gasteiger partial charge is 0.454 e. The fourth-order valence-corrected chi connectivity index (χ4v) is 1.50. The lowest BCUT2D eigenvalue weighted by Gasteiger charge is -2.07. The number of fused-ring (bicyclic) bond motifs is 1. The Hall–Kier alpha value is -0.930. The third-order valence-corrected chi connectivity index (χ3v) is 2.02. The molecule has 1 atom stereocenters. The number of nitrogens with two attached hydrogens (primary N) is 1. The van der Waals surface area contributed by atoms with E-state index in [1.54, 1.807) is 0 Å². The molecule has 0 aliphatic carbocycles. The van der Waals surface area contributed by atoms with E-state index < -0.39 is 0 Å². The van der Waals surface area contributed by atoms with Crippen molar-refractivity contribution in [3.63, 3.8) is 0 Å². The second-order valence-corrected chi connectivity index (χ2v) is 3.33. The van der Waals surface area contributed by atoms with Crippen molar-refractivity contribution in [1.29, 1.82) is 0 Å². The molecule has 0 amide bonds. The Morgan fingerprint density at radius 3 is 2.93 bits per heavy atom. The van der Waals surface area contributed by atoms with Crippen LogP contribution >= 0.6 is 12.4 Å². The quantitative estimate of drug-likeness (QED) is 0.817. The van der Waals surface area contributed by atoms with Crippen molar-refractivity contribution in [3.8, 4) is 11.5 Å². The SMILES string of the molecule is CC(N)Cc1cccc2c1OCO2.Cl. The van der Waals surface area contributed by atoms with Gasteiger partial charge in [0.05, 0.1) is 0 Å². The number of para-hydroxylation sites is 1. The summed E-state index contributed by atoms with van der Waals surface area (Å²) in [6.07, 6.45) is 0.826. The van der Waals surface area contributed by atoms with E-state index in [0.717, 1.165) is 23.5 Å². The fraction of sp³-hybridized carbons (Fsp3) is 0.400. The molecule has 0 fully saturated rings. The van der Waals surface area contributed by atoms with Crippen LogP contribution < -0.4 is 15.2 Å². The summed E-state index contributed by atoms with van der Waals surface area (Å²) >= 11 is 0. The monoisotopic (exact) mass is 215 g/mol. The van der Waals surface area contributed by atoms with E-state index in [1.165, 1.54) is 0 Å². The maximum absolute atomic E-state index is 5.72. The molecule has 2 rings (SSSR count). The normalized spacial score (nSPS) is 14.7. The Morgan fingerprint density at radius 2 is 2.21 bits per heavy atom. The van der Waals surface area contributed by atoms with Crippen molar-refractivity contribution in [2.75, 3.05) is 6.79 Å². The summed E-state index contributed by atoms with van der Waals surface area (Å²) < 4.78 is 10.6. The predicted octanol–water partition coefficient (Wildman–Crippen LogP) is 1.73. The zero-order valence-electron chi connectivity index (χ0n) is 8.03. The van der Waals surface area contributed by atoms with Gasteiger partial charge in [-0.3, -0.25) is 0 Å². The Kier molecular flexibility index (Phi) is 3.61. The Morgan fingerprint density at radius 1 is 1.43 bits per heavy atom. The van der Waals surface area contributed by atoms with Gasteiger partial charge in [0.1, 0.15) is 0 Å². The van der Waals surface area contributed by atoms with E-state index in [2.05, 4.69) is 0 Å². The van der Waals surface area contributed by atoms with Crippen LogP contribution in [0.4, 0.5) is 0 Å². The van der Waals surface area contributed by atoms with Crippen LogP contribution in [-0.4, -0.2) is 12.8 Å². The van der Waals surface area contributed by atoms with Crippen LogP contribution in [0.2, 0.25) is 0 Å². The minimum atomic E-state index is 0. The molecular weight excluding hydrogens is 202 g/mol. The van der Waals surface area contributed by atoms with Gasteiger partial charge in [0.25, 0.3) is 0 Å². The molecule has 1 unspecified atom stereocenters. The summed E-state index contributed by atoms with van der Waals surface area (Å²) in [6, 6.07) is 6.05. The molecule has 1 aliphatic heterocycles. The molecule has 0 saturated carbocycles. The first-order valence-corrected chi connectivity index (χ1v) is 4.40. The number of benzene rings is 1. The topological polar surface area (TPSA) is 44.5 Å². The first kappa shape index (κ1) is 11.1. The van der Waals surface area contributed by atoms with Crippen molar-refractivity contribution < 1.29 is 9.47 Å². The summed E-state index contributed by atoms with van der Waals surface area (Å²) in [5, 5.41) is 0. The first-order valence-electron chi connectivity index (χ1n) is 4.40. The molecule has 4 heteroatoms. The fourth-order valence-electron chi connectivity index (χ4n) is 1.50. The van der Waals surface area contributed by atoms with Gasteiger partial charge in [-0.2, -0.15) is 0 Å². The number of hydrogen-bond acceptors (Lipinski definition) is 3. The van der Waals surface area contributed by atoms with Crippen LogP contribution in [0.25, 0.3) is 0 Å². The molecule has 3 nitrogen and oxygen atoms in total. The minimum absolute atomic E-state index is 0. The zero-order valence-corrected chi connectivity index (χ0v) is 8.84. The molecule has 0 aromatic heterocycles. The molecule has 0 bridgehead atoms. The molecule has 0 saturated heterocycles.